The van der Waals surface area contributed by atoms with Crippen LogP contribution in [-0.2, 0) is 25.6 Å². The number of carboxylic acid groups (broad SMARTS) is 1. The smallest absolute Gasteiger partial charge is 0.311 e. The summed E-state index contributed by atoms with van der Waals surface area (Å²) in [7, 11) is 3.19. The lowest BCUT2D eigenvalue weighted by molar-refractivity contribution is -0.848. The van der Waals surface area contributed by atoms with Gasteiger partial charge in [0.25, 0.3) is 0 Å². The second-order valence-electron chi connectivity index (χ2n) is 14.3. The number of nitrogens with one attached hydrogen (secondary N) is 1. The summed E-state index contributed by atoms with van der Waals surface area (Å²) in [6, 6.07) is 7.51. The van der Waals surface area contributed by atoms with E-state index in [0.717, 1.165) is 65.0 Å². The molecule has 282 valence electrons. The summed E-state index contributed by atoms with van der Waals surface area (Å²) in [5, 5.41) is 43.1. The molecule has 2 fully saturated rings. The van der Waals surface area contributed by atoms with Crippen molar-refractivity contribution in [1.29, 1.82) is 0 Å². The molecule has 8 rings (SSSR count). The largest absolute Gasteiger partial charge is 0.550 e. The molecule has 1 aliphatic carbocycles. The van der Waals surface area contributed by atoms with Crippen LogP contribution in [-0.4, -0.2) is 96.6 Å². The summed E-state index contributed by atoms with van der Waals surface area (Å²) >= 11 is 0. The van der Waals surface area contributed by atoms with Crippen LogP contribution in [0.4, 0.5) is 0 Å². The van der Waals surface area contributed by atoms with E-state index in [1.54, 1.807) is 26.5 Å². The standard InChI is InChI=1S/C38H42N2O13/c1-47-24-7-6-22-30-36(52-34(22)35(24)48-2)29-20(16-40-15-19-8-11-39-23(19)17-40)12-21(13-25(29)53-38(30)9-4-3-5-10-38)50-37-33(46)32(45)31(44)26(51-37)18-49-28(43)14-27(41)42/h6-8,11-13,15,26,30-33,36-37,44-46H,3-5,9-10,14,16-18H2,1-2H3,(H,41,42)/t26-,30+,31-,32+,33-,36-,37+/m1/s1. The monoisotopic (exact) mass is 734 g/mol. The number of aliphatic hydroxyl groups is 3. The van der Waals surface area contributed by atoms with Gasteiger partial charge in [0.15, 0.2) is 11.5 Å². The van der Waals surface area contributed by atoms with Crippen LogP contribution in [0.2, 0.25) is 0 Å². The van der Waals surface area contributed by atoms with E-state index in [9.17, 15) is 30.0 Å². The number of carbonyl (C=O) groups is 2. The molecule has 53 heavy (non-hydrogen) atoms. The number of quaternary nitrogens is 1. The van der Waals surface area contributed by atoms with Crippen molar-refractivity contribution in [3.05, 3.63) is 65.0 Å². The number of esters is 1. The first kappa shape index (κ1) is 35.4. The summed E-state index contributed by atoms with van der Waals surface area (Å²) in [5.41, 5.74) is 4.17. The summed E-state index contributed by atoms with van der Waals surface area (Å²) < 4.78 is 42.6. The van der Waals surface area contributed by atoms with Crippen molar-refractivity contribution >= 4 is 17.7 Å². The second-order valence-corrected chi connectivity index (χ2v) is 14.3. The molecule has 1 spiro atoms. The maximum absolute atomic E-state index is 11.9. The first-order valence-corrected chi connectivity index (χ1v) is 17.9. The summed E-state index contributed by atoms with van der Waals surface area (Å²) in [6.45, 7) is 0.570. The van der Waals surface area contributed by atoms with Crippen molar-refractivity contribution in [3.63, 3.8) is 0 Å². The quantitative estimate of drug-likeness (QED) is 0.190. The predicted octanol–water partition coefficient (Wildman–Crippen LogP) is 0.137. The number of aliphatic carboxylic acids is 1. The molecule has 0 amide bonds. The number of nitrogens with zero attached hydrogens (tertiary/aromatic N) is 1. The number of aliphatic hydroxyl groups excluding tert-OH is 3. The van der Waals surface area contributed by atoms with Gasteiger partial charge in [-0.1, -0.05) is 12.5 Å². The lowest BCUT2D eigenvalue weighted by atomic mass is 9.68. The van der Waals surface area contributed by atoms with E-state index in [-0.39, 0.29) is 11.7 Å². The van der Waals surface area contributed by atoms with E-state index < -0.39 is 67.4 Å². The molecule has 8 atom stereocenters. The van der Waals surface area contributed by atoms with E-state index in [4.69, 9.17) is 33.2 Å². The van der Waals surface area contributed by atoms with Gasteiger partial charge in [-0.3, -0.25) is 14.7 Å². The van der Waals surface area contributed by atoms with Crippen LogP contribution in [0.25, 0.3) is 0 Å². The van der Waals surface area contributed by atoms with Gasteiger partial charge in [0, 0.05) is 29.0 Å². The average Bonchev–Trinajstić information content (AvgIpc) is 3.85. The van der Waals surface area contributed by atoms with Gasteiger partial charge in [0.05, 0.1) is 38.1 Å². The highest BCUT2D eigenvalue weighted by Gasteiger charge is 2.57. The molecular formula is C38H42N2O13. The third kappa shape index (κ3) is 6.29. The van der Waals surface area contributed by atoms with Gasteiger partial charge in [0.2, 0.25) is 12.0 Å². The molecule has 0 aromatic heterocycles. The Morgan fingerprint density at radius 3 is 2.60 bits per heavy atom. The van der Waals surface area contributed by atoms with Crippen molar-refractivity contribution in [2.24, 2.45) is 4.99 Å². The molecule has 0 radical (unpaired) electrons. The van der Waals surface area contributed by atoms with Gasteiger partial charge in [-0.2, -0.15) is 0 Å². The first-order chi connectivity index (χ1) is 25.6. The van der Waals surface area contributed by atoms with Crippen molar-refractivity contribution in [2.45, 2.75) is 93.4 Å². The number of hydrogen-bond donors (Lipinski definition) is 4. The Morgan fingerprint density at radius 1 is 1.06 bits per heavy atom. The predicted molar refractivity (Wildman–Crippen MR) is 181 cm³/mol. The van der Waals surface area contributed by atoms with Crippen molar-refractivity contribution < 1.29 is 68.1 Å². The third-order valence-corrected chi connectivity index (χ3v) is 11.1. The molecule has 6 aliphatic rings. The highest BCUT2D eigenvalue weighted by atomic mass is 16.7. The minimum atomic E-state index is -1.73. The van der Waals surface area contributed by atoms with E-state index >= 15 is 0 Å². The lowest BCUT2D eigenvalue weighted by Crippen LogP contribution is -3.05. The molecular weight excluding hydrogens is 692 g/mol. The average molecular weight is 735 g/mol. The zero-order valence-corrected chi connectivity index (χ0v) is 29.3. The van der Waals surface area contributed by atoms with Gasteiger partial charge in [-0.25, -0.2) is 0 Å². The molecule has 5 heterocycles. The second kappa shape index (κ2) is 14.0. The van der Waals surface area contributed by atoms with Crippen molar-refractivity contribution in [3.8, 4) is 28.7 Å². The van der Waals surface area contributed by atoms with Crippen LogP contribution in [0.1, 0.15) is 67.2 Å². The fraction of sp³-hybridized carbons (Fsp3) is 0.500. The third-order valence-electron chi connectivity index (χ3n) is 11.1. The Labute approximate surface area is 305 Å². The van der Waals surface area contributed by atoms with Gasteiger partial charge in [-0.15, -0.1) is 0 Å². The Morgan fingerprint density at radius 2 is 1.87 bits per heavy atom. The van der Waals surface area contributed by atoms with E-state index in [0.29, 0.717) is 36.1 Å². The number of fused-ring (bicyclic) bond motifs is 7. The Balaban J connectivity index is 1.17. The molecule has 4 N–H and O–H groups in total. The Kier molecular flexibility index (Phi) is 9.31. The molecule has 5 aliphatic heterocycles. The van der Waals surface area contributed by atoms with Gasteiger partial charge < -0.3 is 58.4 Å². The van der Waals surface area contributed by atoms with Gasteiger partial charge in [-0.05, 0) is 43.9 Å². The highest BCUT2D eigenvalue weighted by Crippen LogP contribution is 2.64. The molecule has 2 aromatic rings. The van der Waals surface area contributed by atoms with Crippen LogP contribution >= 0.6 is 0 Å². The van der Waals surface area contributed by atoms with Crippen molar-refractivity contribution in [2.75, 3.05) is 27.4 Å². The van der Waals surface area contributed by atoms with Crippen LogP contribution in [0.3, 0.4) is 0 Å². The van der Waals surface area contributed by atoms with Gasteiger partial charge >= 0.3 is 5.97 Å². The SMILES string of the molecule is COc1ccc2c(c1OC)O[C@@H]1c3c(C[NH+]4C=C5C=CN=C5C4)cc(O[C@H]4O[C@H](COC(=O)CC(=O)[O-])[C@@H](O)[C@H](O)[C@H]4O)cc3OC3(CCCCC3)[C@@H]21. The highest BCUT2D eigenvalue weighted by molar-refractivity contribution is 6.06. The first-order valence-electron chi connectivity index (χ1n) is 17.9. The lowest BCUT2D eigenvalue weighted by Gasteiger charge is -2.48. The van der Waals surface area contributed by atoms with Crippen LogP contribution in [0.5, 0.6) is 28.7 Å². The Bertz CT molecular complexity index is 1890. The van der Waals surface area contributed by atoms with Crippen LogP contribution in [0.15, 0.2) is 53.3 Å². The number of rotatable bonds is 10. The number of methoxy groups -OCH3 is 2. The van der Waals surface area contributed by atoms with Crippen LogP contribution in [0, 0.1) is 0 Å². The number of ether oxygens (including phenoxy) is 7. The number of aliphatic imine (C=N–C) groups is 1. The van der Waals surface area contributed by atoms with Crippen LogP contribution < -0.4 is 33.7 Å². The molecule has 15 nitrogen and oxygen atoms in total. The molecule has 0 bridgehead atoms. The van der Waals surface area contributed by atoms with E-state index in [2.05, 4.69) is 11.2 Å². The summed E-state index contributed by atoms with van der Waals surface area (Å²) in [6.07, 6.45) is 1.17. The zero-order chi connectivity index (χ0) is 37.0. The number of benzene rings is 2. The molecule has 1 saturated heterocycles. The van der Waals surface area contributed by atoms with Crippen molar-refractivity contribution in [1.82, 2.24) is 0 Å². The molecule has 1 saturated carbocycles. The number of carbonyl (C=O) groups excluding carboxylic acids is 2. The molecule has 15 heteroatoms. The number of carboxylic acids is 1. The molecule has 1 unspecified atom stereocenters. The Hall–Kier alpha value is -4.67. The maximum atomic E-state index is 11.9. The summed E-state index contributed by atoms with van der Waals surface area (Å²) in [4.78, 5) is 28.3. The fourth-order valence-corrected chi connectivity index (χ4v) is 8.68. The molecule has 2 aromatic carbocycles. The minimum absolute atomic E-state index is 0.144. The maximum Gasteiger partial charge on any atom is 0.311 e. The minimum Gasteiger partial charge on any atom is -0.550 e. The summed E-state index contributed by atoms with van der Waals surface area (Å²) in [5.74, 6) is -0.358. The normalized spacial score (nSPS) is 30.1. The van der Waals surface area contributed by atoms with E-state index in [1.165, 1.54) is 0 Å². The number of allylic oxidation sites excluding steroid dienone is 1. The topological polar surface area (TPSA) is 199 Å². The fourth-order valence-electron chi connectivity index (χ4n) is 8.68. The zero-order valence-electron chi connectivity index (χ0n) is 29.3. The van der Waals surface area contributed by atoms with E-state index in [1.807, 2.05) is 24.3 Å². The number of hydrogen-bond acceptors (Lipinski definition) is 14. The van der Waals surface area contributed by atoms with Gasteiger partial charge in [0.1, 0.15) is 79.2 Å².